The molecule has 2 heterocycles. The van der Waals surface area contributed by atoms with E-state index >= 15 is 0 Å². The van der Waals surface area contributed by atoms with E-state index in [-0.39, 0.29) is 5.69 Å². The molecule has 0 radical (unpaired) electrons. The molecule has 0 aromatic carbocycles. The van der Waals surface area contributed by atoms with Crippen LogP contribution in [0.25, 0.3) is 4.96 Å². The number of thiazole rings is 1. The Labute approximate surface area is 83.1 Å². The molecule has 2 aromatic rings. The molecule has 0 aliphatic rings. The Bertz CT molecular complexity index is 551. The first-order valence-electron chi connectivity index (χ1n) is 3.86. The third kappa shape index (κ3) is 1.22. The number of hydrogen-bond acceptors (Lipinski definition) is 3. The van der Waals surface area contributed by atoms with Gasteiger partial charge in [-0.3, -0.25) is 0 Å². The zero-order valence-electron chi connectivity index (χ0n) is 6.98. The molecule has 0 aliphatic carbocycles. The summed E-state index contributed by atoms with van der Waals surface area (Å²) in [5.74, 6) is 0. The number of hydrogen-bond donors (Lipinski definition) is 1. The van der Waals surface area contributed by atoms with Crippen LogP contribution in [0.3, 0.4) is 0 Å². The number of aryl methyl sites for hydroxylation is 1. The number of nitrogens with one attached hydrogen (secondary N) is 1. The van der Waals surface area contributed by atoms with Crippen molar-refractivity contribution in [3.05, 3.63) is 26.8 Å². The maximum atomic E-state index is 11.4. The van der Waals surface area contributed by atoms with Crippen LogP contribution < -0.4 is 10.3 Å². The molecular weight excluding hydrogens is 206 g/mol. The van der Waals surface area contributed by atoms with Crippen molar-refractivity contribution < 1.29 is 4.57 Å². The van der Waals surface area contributed by atoms with Crippen LogP contribution in [0, 0.1) is 4.77 Å². The van der Waals surface area contributed by atoms with Crippen molar-refractivity contribution in [2.24, 2.45) is 0 Å². The van der Waals surface area contributed by atoms with E-state index in [0.29, 0.717) is 4.77 Å². The van der Waals surface area contributed by atoms with Crippen LogP contribution in [0.15, 0.2) is 16.4 Å². The first-order valence-corrected chi connectivity index (χ1v) is 5.15. The number of aromatic amines is 1. The van der Waals surface area contributed by atoms with Gasteiger partial charge in [0.25, 0.3) is 4.96 Å². The number of nitrogens with zero attached hydrogens (tertiary/aromatic N) is 2. The second kappa shape index (κ2) is 3.04. The lowest BCUT2D eigenvalue weighted by molar-refractivity contribution is -0.679. The molecule has 1 N–H and O–H groups in total. The molecule has 0 saturated carbocycles. The highest BCUT2D eigenvalue weighted by atomic mass is 32.1. The number of H-pyrrole nitrogens is 1. The van der Waals surface area contributed by atoms with E-state index < -0.39 is 0 Å². The fourth-order valence-electron chi connectivity index (χ4n) is 1.21. The molecule has 2 aromatic heterocycles. The normalized spacial score (nSPS) is 10.8. The van der Waals surface area contributed by atoms with E-state index in [1.807, 2.05) is 16.9 Å². The summed E-state index contributed by atoms with van der Waals surface area (Å²) in [7, 11) is 0. The molecule has 0 fully saturated rings. The Morgan fingerprint density at radius 3 is 3.23 bits per heavy atom. The third-order valence-electron chi connectivity index (χ3n) is 1.81. The summed E-state index contributed by atoms with van der Waals surface area (Å²) in [4.78, 5) is 14.8. The summed E-state index contributed by atoms with van der Waals surface area (Å²) >= 11 is 6.54. The van der Waals surface area contributed by atoms with Gasteiger partial charge in [0.05, 0.1) is 12.7 Å². The minimum atomic E-state index is -0.175. The van der Waals surface area contributed by atoms with Crippen LogP contribution in [0.4, 0.5) is 0 Å². The Morgan fingerprint density at radius 2 is 2.54 bits per heavy atom. The highest BCUT2D eigenvalue weighted by Gasteiger charge is 2.10. The number of aromatic nitrogens is 3. The van der Waals surface area contributed by atoms with E-state index in [4.69, 9.17) is 12.2 Å². The zero-order chi connectivity index (χ0) is 9.42. The lowest BCUT2D eigenvalue weighted by Gasteiger charge is -1.95. The molecule has 0 atom stereocenters. The van der Waals surface area contributed by atoms with Crippen LogP contribution in [0.5, 0.6) is 0 Å². The molecule has 13 heavy (non-hydrogen) atoms. The lowest BCUT2D eigenvalue weighted by atomic mass is 10.7. The van der Waals surface area contributed by atoms with Gasteiger partial charge in [-0.15, -0.1) is 0 Å². The van der Waals surface area contributed by atoms with Crippen LogP contribution in [-0.2, 0) is 6.54 Å². The van der Waals surface area contributed by atoms with Crippen LogP contribution in [0.1, 0.15) is 6.92 Å². The summed E-state index contributed by atoms with van der Waals surface area (Å²) in [5, 5.41) is 1.87. The Kier molecular flexibility index (Phi) is 2.01. The van der Waals surface area contributed by atoms with E-state index in [1.165, 1.54) is 11.3 Å². The van der Waals surface area contributed by atoms with Crippen LogP contribution in [0.2, 0.25) is 0 Å². The Morgan fingerprint density at radius 1 is 1.77 bits per heavy atom. The summed E-state index contributed by atoms with van der Waals surface area (Å²) < 4.78 is 3.93. The first-order chi connectivity index (χ1) is 6.24. The molecule has 0 bridgehead atoms. The van der Waals surface area contributed by atoms with Crippen molar-refractivity contribution in [3.63, 3.8) is 0 Å². The van der Waals surface area contributed by atoms with Gasteiger partial charge in [-0.05, 0) is 19.1 Å². The van der Waals surface area contributed by atoms with E-state index in [0.717, 1.165) is 11.5 Å². The standard InChI is InChI=1S/C7H7N3OS2/c1-2-9-6(12)8-5(11)10-3-4-13-7(9)10/h3-4H,2H2,1H3/p+1. The second-order valence-electron chi connectivity index (χ2n) is 2.54. The average Bonchev–Trinajstić information content (AvgIpc) is 2.53. The number of rotatable bonds is 1. The Balaban J connectivity index is 3.06. The van der Waals surface area contributed by atoms with Crippen molar-refractivity contribution in [1.29, 1.82) is 0 Å². The topological polar surface area (TPSA) is 41.1 Å². The quantitative estimate of drug-likeness (QED) is 0.561. The summed E-state index contributed by atoms with van der Waals surface area (Å²) in [6.07, 6.45) is 1.74. The smallest absolute Gasteiger partial charge is 0.213 e. The first kappa shape index (κ1) is 8.58. The molecule has 0 spiro atoms. The van der Waals surface area contributed by atoms with Gasteiger partial charge < -0.3 is 0 Å². The van der Waals surface area contributed by atoms with Crippen LogP contribution >= 0.6 is 23.6 Å². The van der Waals surface area contributed by atoms with Crippen molar-refractivity contribution >= 4 is 28.5 Å². The van der Waals surface area contributed by atoms with Gasteiger partial charge in [0.1, 0.15) is 0 Å². The van der Waals surface area contributed by atoms with E-state index in [2.05, 4.69) is 4.98 Å². The predicted molar refractivity (Wildman–Crippen MR) is 52.6 cm³/mol. The van der Waals surface area contributed by atoms with Crippen LogP contribution in [-0.4, -0.2) is 9.38 Å². The summed E-state index contributed by atoms with van der Waals surface area (Å²) in [6, 6.07) is 0. The minimum Gasteiger partial charge on any atom is -0.213 e. The van der Waals surface area contributed by atoms with Crippen molar-refractivity contribution in [1.82, 2.24) is 9.38 Å². The van der Waals surface area contributed by atoms with Gasteiger partial charge in [-0.1, -0.05) is 11.3 Å². The molecule has 0 amide bonds. The third-order valence-corrected chi connectivity index (χ3v) is 3.02. The number of fused-ring (bicyclic) bond motifs is 1. The fraction of sp³-hybridized carbons (Fsp3) is 0.286. The van der Waals surface area contributed by atoms with Crippen molar-refractivity contribution in [2.45, 2.75) is 13.5 Å². The predicted octanol–water partition coefficient (Wildman–Crippen LogP) is 0.726. The van der Waals surface area contributed by atoms with Gasteiger partial charge >= 0.3 is 10.5 Å². The molecule has 6 heteroatoms. The largest absolute Gasteiger partial charge is 0.449 e. The molecule has 0 unspecified atom stereocenters. The van der Waals surface area contributed by atoms with E-state index in [1.54, 1.807) is 10.6 Å². The highest BCUT2D eigenvalue weighted by molar-refractivity contribution is 7.71. The Hall–Kier alpha value is -1.01. The van der Waals surface area contributed by atoms with Gasteiger partial charge in [0.2, 0.25) is 0 Å². The molecule has 0 saturated heterocycles. The van der Waals surface area contributed by atoms with Gasteiger partial charge in [-0.2, -0.15) is 9.38 Å². The highest BCUT2D eigenvalue weighted by Crippen LogP contribution is 2.02. The molecule has 2 rings (SSSR count). The lowest BCUT2D eigenvalue weighted by Crippen LogP contribution is -2.40. The molecule has 4 nitrogen and oxygen atoms in total. The van der Waals surface area contributed by atoms with Crippen molar-refractivity contribution in [3.8, 4) is 0 Å². The summed E-state index contributed by atoms with van der Waals surface area (Å²) in [6.45, 7) is 2.76. The second-order valence-corrected chi connectivity index (χ2v) is 3.79. The van der Waals surface area contributed by atoms with Gasteiger partial charge in [0, 0.05) is 5.38 Å². The molecular formula is C7H8N3OS2+. The van der Waals surface area contributed by atoms with Gasteiger partial charge in [-0.25, -0.2) is 9.36 Å². The van der Waals surface area contributed by atoms with Gasteiger partial charge in [0.15, 0.2) is 0 Å². The maximum absolute atomic E-state index is 11.4. The fourth-order valence-corrected chi connectivity index (χ4v) is 2.48. The average molecular weight is 214 g/mol. The SMILES string of the molecule is CC[n+]1c(=S)[nH]c(=O)n2ccsc21. The summed E-state index contributed by atoms with van der Waals surface area (Å²) in [5.41, 5.74) is -0.175. The van der Waals surface area contributed by atoms with E-state index in [9.17, 15) is 4.79 Å². The molecule has 68 valence electrons. The maximum Gasteiger partial charge on any atom is 0.449 e. The molecule has 0 aliphatic heterocycles. The van der Waals surface area contributed by atoms with Crippen molar-refractivity contribution in [2.75, 3.05) is 0 Å². The zero-order valence-corrected chi connectivity index (χ0v) is 8.61. The minimum absolute atomic E-state index is 0.175. The monoisotopic (exact) mass is 214 g/mol.